The van der Waals surface area contributed by atoms with Gasteiger partial charge in [0.2, 0.25) is 0 Å². The minimum Gasteiger partial charge on any atom is -0.389 e. The van der Waals surface area contributed by atoms with Crippen LogP contribution in [0.4, 0.5) is 9.18 Å². The third-order valence-electron chi connectivity index (χ3n) is 2.30. The maximum absolute atomic E-state index is 12.9. The summed E-state index contributed by atoms with van der Waals surface area (Å²) < 4.78 is 12.9. The van der Waals surface area contributed by atoms with Gasteiger partial charge in [-0.3, -0.25) is 0 Å². The van der Waals surface area contributed by atoms with Gasteiger partial charge in [0.05, 0.1) is 12.1 Å². The van der Waals surface area contributed by atoms with Gasteiger partial charge in [0.1, 0.15) is 5.82 Å². The first-order chi connectivity index (χ1) is 8.28. The molecular formula is C13H19FN2O2. The average molecular weight is 254 g/mol. The smallest absolute Gasteiger partial charge is 0.317 e. The van der Waals surface area contributed by atoms with E-state index in [4.69, 9.17) is 0 Å². The number of urea groups is 1. The van der Waals surface area contributed by atoms with E-state index in [9.17, 15) is 14.3 Å². The van der Waals surface area contributed by atoms with Crippen LogP contribution < -0.4 is 5.32 Å². The van der Waals surface area contributed by atoms with Crippen molar-refractivity contribution in [2.75, 3.05) is 13.6 Å². The van der Waals surface area contributed by atoms with Crippen molar-refractivity contribution >= 4 is 6.03 Å². The van der Waals surface area contributed by atoms with Crippen LogP contribution in [-0.2, 0) is 6.54 Å². The van der Waals surface area contributed by atoms with Crippen molar-refractivity contribution in [2.24, 2.45) is 0 Å². The molecule has 0 bridgehead atoms. The molecule has 1 rings (SSSR count). The van der Waals surface area contributed by atoms with Crippen molar-refractivity contribution in [3.05, 3.63) is 35.6 Å². The van der Waals surface area contributed by atoms with E-state index in [-0.39, 0.29) is 24.9 Å². The predicted molar refractivity (Wildman–Crippen MR) is 67.6 cm³/mol. The number of hydrogen-bond acceptors (Lipinski definition) is 2. The van der Waals surface area contributed by atoms with Gasteiger partial charge < -0.3 is 15.3 Å². The first-order valence-corrected chi connectivity index (χ1v) is 5.74. The number of halogens is 1. The lowest BCUT2D eigenvalue weighted by Crippen LogP contribution is -2.44. The Morgan fingerprint density at radius 2 is 2.17 bits per heavy atom. The van der Waals surface area contributed by atoms with Crippen molar-refractivity contribution in [3.8, 4) is 0 Å². The number of likely N-dealkylation sites (N-methyl/N-ethyl adjacent to an activating group) is 1. The average Bonchev–Trinajstić information content (AvgIpc) is 2.23. The molecule has 1 aromatic carbocycles. The first kappa shape index (κ1) is 14.4. The fourth-order valence-corrected chi connectivity index (χ4v) is 1.61. The Morgan fingerprint density at radius 1 is 1.50 bits per heavy atom. The van der Waals surface area contributed by atoms with Crippen molar-refractivity contribution in [2.45, 2.75) is 26.0 Å². The molecule has 100 valence electrons. The first-order valence-electron chi connectivity index (χ1n) is 5.74. The monoisotopic (exact) mass is 254 g/mol. The lowest BCUT2D eigenvalue weighted by atomic mass is 10.1. The molecule has 1 aromatic rings. The molecule has 5 heteroatoms. The molecule has 0 unspecified atom stereocenters. The Labute approximate surface area is 106 Å². The predicted octanol–water partition coefficient (Wildman–Crippen LogP) is 1.74. The summed E-state index contributed by atoms with van der Waals surface area (Å²) in [7, 11) is 1.60. The number of hydrogen-bond donors (Lipinski definition) is 2. The largest absolute Gasteiger partial charge is 0.389 e. The Morgan fingerprint density at radius 3 is 2.72 bits per heavy atom. The van der Waals surface area contributed by atoms with Gasteiger partial charge >= 0.3 is 6.03 Å². The van der Waals surface area contributed by atoms with Gasteiger partial charge in [0.15, 0.2) is 0 Å². The zero-order chi connectivity index (χ0) is 13.8. The van der Waals surface area contributed by atoms with E-state index < -0.39 is 5.60 Å². The normalized spacial score (nSPS) is 11.2. The van der Waals surface area contributed by atoms with Crippen molar-refractivity contribution in [1.82, 2.24) is 10.2 Å². The lowest BCUT2D eigenvalue weighted by molar-refractivity contribution is 0.0531. The molecule has 2 N–H and O–H groups in total. The van der Waals surface area contributed by atoms with Crippen LogP contribution in [0.15, 0.2) is 24.3 Å². The quantitative estimate of drug-likeness (QED) is 0.860. The molecule has 2 amide bonds. The zero-order valence-corrected chi connectivity index (χ0v) is 10.9. The van der Waals surface area contributed by atoms with Crippen LogP contribution in [0, 0.1) is 5.82 Å². The van der Waals surface area contributed by atoms with Crippen LogP contribution in [0.5, 0.6) is 0 Å². The molecule has 0 aliphatic heterocycles. The molecule has 4 nitrogen and oxygen atoms in total. The van der Waals surface area contributed by atoms with Crippen LogP contribution in [-0.4, -0.2) is 35.2 Å². The third-order valence-corrected chi connectivity index (χ3v) is 2.30. The highest BCUT2D eigenvalue weighted by Crippen LogP contribution is 2.05. The lowest BCUT2D eigenvalue weighted by Gasteiger charge is -2.25. The Kier molecular flexibility index (Phi) is 4.67. The zero-order valence-electron chi connectivity index (χ0n) is 10.9. The highest BCUT2D eigenvalue weighted by atomic mass is 19.1. The molecule has 0 aliphatic rings. The Balaban J connectivity index is 2.46. The maximum Gasteiger partial charge on any atom is 0.317 e. The van der Waals surface area contributed by atoms with Crippen LogP contribution in [0.25, 0.3) is 0 Å². The fraction of sp³-hybridized carbons (Fsp3) is 0.462. The number of aliphatic hydroxyl groups is 1. The van der Waals surface area contributed by atoms with E-state index >= 15 is 0 Å². The summed E-state index contributed by atoms with van der Waals surface area (Å²) in [6.45, 7) is 3.74. The fourth-order valence-electron chi connectivity index (χ4n) is 1.61. The van der Waals surface area contributed by atoms with Crippen molar-refractivity contribution in [3.63, 3.8) is 0 Å². The van der Waals surface area contributed by atoms with Crippen LogP contribution in [0.2, 0.25) is 0 Å². The second kappa shape index (κ2) is 5.82. The SMILES string of the molecule is CN(CC(C)(C)O)C(=O)NCc1cccc(F)c1. The summed E-state index contributed by atoms with van der Waals surface area (Å²) in [6.07, 6.45) is 0. The number of amides is 2. The molecule has 0 saturated carbocycles. The van der Waals surface area contributed by atoms with E-state index in [1.165, 1.54) is 17.0 Å². The molecule has 0 aliphatic carbocycles. The number of carbonyl (C=O) groups excluding carboxylic acids is 1. The molecule has 0 saturated heterocycles. The summed E-state index contributed by atoms with van der Waals surface area (Å²) in [5, 5.41) is 12.2. The highest BCUT2D eigenvalue weighted by Gasteiger charge is 2.18. The van der Waals surface area contributed by atoms with Gasteiger partial charge in [-0.25, -0.2) is 9.18 Å². The van der Waals surface area contributed by atoms with Crippen LogP contribution >= 0.6 is 0 Å². The van der Waals surface area contributed by atoms with E-state index in [0.29, 0.717) is 5.56 Å². The molecule has 0 radical (unpaired) electrons. The standard InChI is InChI=1S/C13H19FN2O2/c1-13(2,18)9-16(3)12(17)15-8-10-5-4-6-11(14)7-10/h4-7,18H,8-9H2,1-3H3,(H,15,17). The summed E-state index contributed by atoms with van der Waals surface area (Å²) in [4.78, 5) is 13.1. The minimum atomic E-state index is -0.940. The molecule has 0 aromatic heterocycles. The number of carbonyl (C=O) groups is 1. The second-order valence-electron chi connectivity index (χ2n) is 4.96. The number of nitrogens with one attached hydrogen (secondary N) is 1. The number of nitrogens with zero attached hydrogens (tertiary/aromatic N) is 1. The van der Waals surface area contributed by atoms with Gasteiger partial charge in [-0.15, -0.1) is 0 Å². The summed E-state index contributed by atoms with van der Waals surface area (Å²) in [5.74, 6) is -0.327. The molecule has 0 fully saturated rings. The highest BCUT2D eigenvalue weighted by molar-refractivity contribution is 5.73. The molecule has 0 atom stereocenters. The van der Waals surface area contributed by atoms with Gasteiger partial charge in [0, 0.05) is 13.6 Å². The minimum absolute atomic E-state index is 0.224. The summed E-state index contributed by atoms with van der Waals surface area (Å²) >= 11 is 0. The maximum atomic E-state index is 12.9. The van der Waals surface area contributed by atoms with Crippen LogP contribution in [0.1, 0.15) is 19.4 Å². The summed E-state index contributed by atoms with van der Waals surface area (Å²) in [6, 6.07) is 5.75. The van der Waals surface area contributed by atoms with E-state index in [1.54, 1.807) is 33.0 Å². The number of benzene rings is 1. The van der Waals surface area contributed by atoms with Gasteiger partial charge in [-0.2, -0.15) is 0 Å². The van der Waals surface area contributed by atoms with Crippen molar-refractivity contribution in [1.29, 1.82) is 0 Å². The van der Waals surface area contributed by atoms with Gasteiger partial charge in [0.25, 0.3) is 0 Å². The van der Waals surface area contributed by atoms with E-state index in [1.807, 2.05) is 0 Å². The second-order valence-corrected chi connectivity index (χ2v) is 4.96. The third kappa shape index (κ3) is 5.14. The van der Waals surface area contributed by atoms with Crippen LogP contribution in [0.3, 0.4) is 0 Å². The number of rotatable bonds is 4. The molecule has 0 spiro atoms. The van der Waals surface area contributed by atoms with Gasteiger partial charge in [-0.1, -0.05) is 12.1 Å². The molecular weight excluding hydrogens is 235 g/mol. The van der Waals surface area contributed by atoms with E-state index in [0.717, 1.165) is 0 Å². The van der Waals surface area contributed by atoms with E-state index in [2.05, 4.69) is 5.32 Å². The molecule has 0 heterocycles. The van der Waals surface area contributed by atoms with Crippen molar-refractivity contribution < 1.29 is 14.3 Å². The van der Waals surface area contributed by atoms with Gasteiger partial charge in [-0.05, 0) is 31.5 Å². The Bertz CT molecular complexity index is 416. The Hall–Kier alpha value is -1.62. The topological polar surface area (TPSA) is 52.6 Å². The summed E-state index contributed by atoms with van der Waals surface area (Å²) in [5.41, 5.74) is -0.245. The molecule has 18 heavy (non-hydrogen) atoms.